The van der Waals surface area contributed by atoms with E-state index in [4.69, 9.17) is 4.42 Å². The van der Waals surface area contributed by atoms with Crippen LogP contribution in [-0.2, 0) is 4.79 Å². The smallest absolute Gasteiger partial charge is 0.257 e. The van der Waals surface area contributed by atoms with E-state index in [0.29, 0.717) is 29.4 Å². The lowest BCUT2D eigenvalue weighted by Gasteiger charge is -2.20. The van der Waals surface area contributed by atoms with E-state index in [1.54, 1.807) is 36.2 Å². The maximum Gasteiger partial charge on any atom is 0.257 e. The summed E-state index contributed by atoms with van der Waals surface area (Å²) in [6.07, 6.45) is 2.08. The molecule has 0 saturated carbocycles. The van der Waals surface area contributed by atoms with E-state index in [0.717, 1.165) is 16.8 Å². The molecular formula is C16H15N3O3S. The Kier molecular flexibility index (Phi) is 3.39. The topological polar surface area (TPSA) is 91.2 Å². The van der Waals surface area contributed by atoms with Crippen LogP contribution in [0.3, 0.4) is 0 Å². The summed E-state index contributed by atoms with van der Waals surface area (Å²) >= 11 is 1.59. The Morgan fingerprint density at radius 1 is 1.43 bits per heavy atom. The van der Waals surface area contributed by atoms with Crippen LogP contribution < -0.4 is 5.32 Å². The average Bonchev–Trinajstić information content (AvgIpc) is 3.27. The van der Waals surface area contributed by atoms with Crippen LogP contribution in [0.5, 0.6) is 0 Å². The van der Waals surface area contributed by atoms with Crippen molar-refractivity contribution in [2.24, 2.45) is 0 Å². The largest absolute Gasteiger partial charge is 0.461 e. The number of anilines is 1. The third kappa shape index (κ3) is 2.62. The monoisotopic (exact) mass is 329 g/mol. The number of amides is 1. The first-order valence-electron chi connectivity index (χ1n) is 7.29. The molecule has 0 radical (unpaired) electrons. The van der Waals surface area contributed by atoms with Gasteiger partial charge in [0.25, 0.3) is 5.91 Å². The van der Waals surface area contributed by atoms with Gasteiger partial charge >= 0.3 is 0 Å². The second-order valence-electron chi connectivity index (χ2n) is 5.58. The van der Waals surface area contributed by atoms with Crippen LogP contribution >= 0.6 is 11.8 Å². The zero-order valence-electron chi connectivity index (χ0n) is 12.2. The van der Waals surface area contributed by atoms with Gasteiger partial charge in [-0.25, -0.2) is 4.98 Å². The van der Waals surface area contributed by atoms with Gasteiger partial charge in [0.15, 0.2) is 17.2 Å². The Labute approximate surface area is 136 Å². The minimum atomic E-state index is -1.27. The number of thioether (sulfide) groups is 1. The van der Waals surface area contributed by atoms with Crippen molar-refractivity contribution in [2.75, 3.05) is 16.8 Å². The maximum atomic E-state index is 12.2. The van der Waals surface area contributed by atoms with E-state index in [9.17, 15) is 9.90 Å². The van der Waals surface area contributed by atoms with Gasteiger partial charge < -0.3 is 19.8 Å². The van der Waals surface area contributed by atoms with E-state index in [1.807, 2.05) is 12.1 Å². The lowest BCUT2D eigenvalue weighted by Crippen LogP contribution is -2.42. The highest BCUT2D eigenvalue weighted by molar-refractivity contribution is 7.99. The van der Waals surface area contributed by atoms with Gasteiger partial charge in [-0.05, 0) is 42.5 Å². The first-order valence-corrected chi connectivity index (χ1v) is 8.45. The third-order valence-electron chi connectivity index (χ3n) is 3.92. The summed E-state index contributed by atoms with van der Waals surface area (Å²) in [4.78, 5) is 19.9. The van der Waals surface area contributed by atoms with E-state index < -0.39 is 5.60 Å². The van der Waals surface area contributed by atoms with Crippen molar-refractivity contribution in [2.45, 2.75) is 12.0 Å². The summed E-state index contributed by atoms with van der Waals surface area (Å²) in [5.74, 6) is 2.18. The second-order valence-corrected chi connectivity index (χ2v) is 6.69. The number of nitrogens with one attached hydrogen (secondary N) is 2. The van der Waals surface area contributed by atoms with Crippen LogP contribution in [0.4, 0.5) is 5.69 Å². The molecule has 1 saturated heterocycles. The molecule has 1 amide bonds. The summed E-state index contributed by atoms with van der Waals surface area (Å²) in [6, 6.07) is 9.03. The Morgan fingerprint density at radius 3 is 3.09 bits per heavy atom. The Hall–Kier alpha value is -2.25. The molecule has 0 bridgehead atoms. The number of hydrogen-bond acceptors (Lipinski definition) is 5. The van der Waals surface area contributed by atoms with Crippen molar-refractivity contribution >= 4 is 34.4 Å². The van der Waals surface area contributed by atoms with Crippen LogP contribution in [0.15, 0.2) is 41.0 Å². The molecule has 2 aromatic heterocycles. The number of carbonyl (C=O) groups is 1. The van der Waals surface area contributed by atoms with E-state index in [1.165, 1.54) is 0 Å². The first-order chi connectivity index (χ1) is 11.1. The molecule has 0 aliphatic carbocycles. The fourth-order valence-electron chi connectivity index (χ4n) is 2.60. The van der Waals surface area contributed by atoms with Crippen molar-refractivity contribution in [3.8, 4) is 11.6 Å². The Bertz CT molecular complexity index is 851. The van der Waals surface area contributed by atoms with Crippen molar-refractivity contribution in [3.63, 3.8) is 0 Å². The summed E-state index contributed by atoms with van der Waals surface area (Å²) in [5.41, 5.74) is 0.932. The van der Waals surface area contributed by atoms with Crippen LogP contribution in [-0.4, -0.2) is 38.1 Å². The number of imidazole rings is 1. The van der Waals surface area contributed by atoms with E-state index in [2.05, 4.69) is 15.3 Å². The third-order valence-corrected chi connectivity index (χ3v) is 5.09. The molecule has 0 unspecified atom stereocenters. The molecule has 0 spiro atoms. The highest BCUT2D eigenvalue weighted by Gasteiger charge is 2.39. The minimum Gasteiger partial charge on any atom is -0.461 e. The number of nitrogens with zero attached hydrogens (tertiary/aromatic N) is 1. The molecule has 1 aromatic carbocycles. The van der Waals surface area contributed by atoms with Gasteiger partial charge in [0.1, 0.15) is 0 Å². The quantitative estimate of drug-likeness (QED) is 0.687. The van der Waals surface area contributed by atoms with E-state index in [-0.39, 0.29) is 5.91 Å². The van der Waals surface area contributed by atoms with Gasteiger partial charge in [0, 0.05) is 11.4 Å². The van der Waals surface area contributed by atoms with Gasteiger partial charge in [-0.1, -0.05) is 0 Å². The summed E-state index contributed by atoms with van der Waals surface area (Å²) < 4.78 is 5.33. The molecule has 3 aromatic rings. The van der Waals surface area contributed by atoms with Crippen molar-refractivity contribution in [1.29, 1.82) is 0 Å². The Balaban J connectivity index is 1.60. The molecule has 118 valence electrons. The molecule has 6 nitrogen and oxygen atoms in total. The first kappa shape index (κ1) is 14.3. The molecule has 3 N–H and O–H groups in total. The van der Waals surface area contributed by atoms with E-state index >= 15 is 0 Å². The minimum absolute atomic E-state index is 0.354. The number of H-pyrrole nitrogens is 1. The molecule has 23 heavy (non-hydrogen) atoms. The van der Waals surface area contributed by atoms with Gasteiger partial charge in [0.05, 0.1) is 17.3 Å². The normalized spacial score (nSPS) is 20.9. The summed E-state index contributed by atoms with van der Waals surface area (Å²) in [6.45, 7) is 0. The SMILES string of the molecule is O=C(Nc1ccc2nc(-c3ccco3)[nH]c2c1)[C@]1(O)CCSC1. The maximum absolute atomic E-state index is 12.2. The fraction of sp³-hybridized carbons (Fsp3) is 0.250. The molecule has 1 fully saturated rings. The zero-order chi connectivity index (χ0) is 15.9. The number of fused-ring (bicyclic) bond motifs is 1. The number of hydrogen-bond donors (Lipinski definition) is 3. The van der Waals surface area contributed by atoms with Crippen LogP contribution in [0, 0.1) is 0 Å². The predicted molar refractivity (Wildman–Crippen MR) is 89.3 cm³/mol. The Morgan fingerprint density at radius 2 is 2.35 bits per heavy atom. The zero-order valence-corrected chi connectivity index (χ0v) is 13.0. The summed E-state index contributed by atoms with van der Waals surface area (Å²) in [7, 11) is 0. The molecule has 4 rings (SSSR count). The van der Waals surface area contributed by atoms with Crippen LogP contribution in [0.1, 0.15) is 6.42 Å². The van der Waals surface area contributed by atoms with Crippen LogP contribution in [0.25, 0.3) is 22.6 Å². The standard InChI is InChI=1S/C16H15N3O3S/c20-15(16(21)5-7-23-9-16)17-10-3-4-11-12(8-10)19-14(18-11)13-2-1-6-22-13/h1-4,6,8,21H,5,7,9H2,(H,17,20)(H,18,19)/t16-/m0/s1. The average molecular weight is 329 g/mol. The highest BCUT2D eigenvalue weighted by atomic mass is 32.2. The number of aromatic nitrogens is 2. The number of carbonyl (C=O) groups excluding carboxylic acids is 1. The van der Waals surface area contributed by atoms with Crippen molar-refractivity contribution in [3.05, 3.63) is 36.6 Å². The molecule has 1 atom stereocenters. The molecule has 1 aliphatic rings. The lowest BCUT2D eigenvalue weighted by atomic mass is 10.0. The molecule has 1 aliphatic heterocycles. The molecule has 3 heterocycles. The van der Waals surface area contributed by atoms with Crippen molar-refractivity contribution in [1.82, 2.24) is 9.97 Å². The van der Waals surface area contributed by atoms with Gasteiger partial charge in [-0.2, -0.15) is 11.8 Å². The van der Waals surface area contributed by atoms with Gasteiger partial charge in [-0.15, -0.1) is 0 Å². The lowest BCUT2D eigenvalue weighted by molar-refractivity contribution is -0.131. The van der Waals surface area contributed by atoms with Crippen LogP contribution in [0.2, 0.25) is 0 Å². The molecular weight excluding hydrogens is 314 g/mol. The number of rotatable bonds is 3. The molecule has 7 heteroatoms. The fourth-order valence-corrected chi connectivity index (χ4v) is 3.84. The number of furan rings is 1. The highest BCUT2D eigenvalue weighted by Crippen LogP contribution is 2.29. The number of benzene rings is 1. The number of aromatic amines is 1. The van der Waals surface area contributed by atoms with Crippen molar-refractivity contribution < 1.29 is 14.3 Å². The van der Waals surface area contributed by atoms with Gasteiger partial charge in [0.2, 0.25) is 0 Å². The summed E-state index contributed by atoms with van der Waals surface area (Å²) in [5, 5.41) is 13.1. The van der Waals surface area contributed by atoms with Gasteiger partial charge in [-0.3, -0.25) is 4.79 Å². The number of aliphatic hydroxyl groups is 1. The second kappa shape index (κ2) is 5.43. The predicted octanol–water partition coefficient (Wildman–Crippen LogP) is 2.63.